The van der Waals surface area contributed by atoms with Gasteiger partial charge in [-0.1, -0.05) is 35.2 Å². The second kappa shape index (κ2) is 6.41. The number of nitrogens with one attached hydrogen (secondary N) is 1. The Morgan fingerprint density at radius 2 is 2.23 bits per heavy atom. The highest BCUT2D eigenvalue weighted by Gasteiger charge is 2.13. The van der Waals surface area contributed by atoms with Crippen LogP contribution in [0.3, 0.4) is 0 Å². The summed E-state index contributed by atoms with van der Waals surface area (Å²) in [6.45, 7) is 3.98. The number of tetrazole rings is 1. The minimum atomic E-state index is -0.123. The first-order valence-electron chi connectivity index (χ1n) is 6.69. The Hall–Kier alpha value is -2.00. The third kappa shape index (κ3) is 3.25. The molecule has 114 valence electrons. The van der Waals surface area contributed by atoms with Crippen molar-refractivity contribution in [1.29, 1.82) is 0 Å². The van der Waals surface area contributed by atoms with Crippen LogP contribution in [0, 0.1) is 0 Å². The van der Waals surface area contributed by atoms with Gasteiger partial charge in [-0.05, 0) is 36.4 Å². The van der Waals surface area contributed by atoms with E-state index in [9.17, 15) is 4.79 Å². The maximum absolute atomic E-state index is 12.0. The van der Waals surface area contributed by atoms with Gasteiger partial charge in [0.2, 0.25) is 11.1 Å². The number of thioether (sulfide) groups is 1. The summed E-state index contributed by atoms with van der Waals surface area (Å²) in [7, 11) is 0. The maximum atomic E-state index is 12.0. The van der Waals surface area contributed by atoms with Crippen molar-refractivity contribution >= 4 is 44.4 Å². The van der Waals surface area contributed by atoms with Crippen LogP contribution in [0.15, 0.2) is 29.4 Å². The Balaban J connectivity index is 1.61. The smallest absolute Gasteiger partial charge is 0.236 e. The number of hydrogen-bond acceptors (Lipinski definition) is 7. The highest BCUT2D eigenvalue weighted by Crippen LogP contribution is 2.25. The van der Waals surface area contributed by atoms with Crippen LogP contribution in [0.4, 0.5) is 5.13 Å². The van der Waals surface area contributed by atoms with E-state index >= 15 is 0 Å². The SMILES string of the molecule is CC(C)n1nnnc1SCC(=O)Nc1nc2ccccc2s1. The number of carbonyl (C=O) groups is 1. The predicted molar refractivity (Wildman–Crippen MR) is 87.2 cm³/mol. The summed E-state index contributed by atoms with van der Waals surface area (Å²) >= 11 is 2.77. The Kier molecular flexibility index (Phi) is 4.34. The van der Waals surface area contributed by atoms with E-state index in [0.29, 0.717) is 10.3 Å². The van der Waals surface area contributed by atoms with Gasteiger partial charge in [0.1, 0.15) is 0 Å². The molecule has 0 aliphatic heterocycles. The van der Waals surface area contributed by atoms with Crippen molar-refractivity contribution < 1.29 is 4.79 Å². The minimum absolute atomic E-state index is 0.123. The van der Waals surface area contributed by atoms with Gasteiger partial charge < -0.3 is 5.32 Å². The molecular weight excluding hydrogens is 320 g/mol. The standard InChI is InChI=1S/C13H14N6OS2/c1-8(2)19-13(16-17-18-19)21-7-11(20)15-12-14-9-5-3-4-6-10(9)22-12/h3-6,8H,7H2,1-2H3,(H,14,15,20). The zero-order chi connectivity index (χ0) is 15.5. The molecule has 0 fully saturated rings. The molecule has 2 heterocycles. The number of hydrogen-bond donors (Lipinski definition) is 1. The summed E-state index contributed by atoms with van der Waals surface area (Å²) in [5.41, 5.74) is 0.888. The molecule has 1 N–H and O–H groups in total. The molecule has 0 unspecified atom stereocenters. The summed E-state index contributed by atoms with van der Waals surface area (Å²) in [5.74, 6) is 0.116. The first kappa shape index (κ1) is 14.9. The molecule has 0 saturated heterocycles. The van der Waals surface area contributed by atoms with Crippen molar-refractivity contribution in [3.8, 4) is 0 Å². The number of anilines is 1. The van der Waals surface area contributed by atoms with Crippen LogP contribution in [0.1, 0.15) is 19.9 Å². The fourth-order valence-electron chi connectivity index (χ4n) is 1.82. The van der Waals surface area contributed by atoms with Crippen LogP contribution in [0.5, 0.6) is 0 Å². The molecule has 0 radical (unpaired) electrons. The largest absolute Gasteiger partial charge is 0.301 e. The number of thiazole rings is 1. The molecule has 7 nitrogen and oxygen atoms in total. The number of aromatic nitrogens is 5. The van der Waals surface area contributed by atoms with E-state index in [1.54, 1.807) is 4.68 Å². The Labute approximate surface area is 135 Å². The number of carbonyl (C=O) groups excluding carboxylic acids is 1. The molecule has 0 aliphatic rings. The Morgan fingerprint density at radius 3 is 3.00 bits per heavy atom. The monoisotopic (exact) mass is 334 g/mol. The highest BCUT2D eigenvalue weighted by molar-refractivity contribution is 7.99. The van der Waals surface area contributed by atoms with Crippen LogP contribution in [0.25, 0.3) is 10.2 Å². The van der Waals surface area contributed by atoms with E-state index in [1.807, 2.05) is 38.1 Å². The summed E-state index contributed by atoms with van der Waals surface area (Å²) in [6, 6.07) is 7.94. The van der Waals surface area contributed by atoms with E-state index < -0.39 is 0 Å². The summed E-state index contributed by atoms with van der Waals surface area (Å²) < 4.78 is 2.74. The van der Waals surface area contributed by atoms with Gasteiger partial charge in [-0.15, -0.1) is 5.10 Å². The topological polar surface area (TPSA) is 85.6 Å². The number of nitrogens with zero attached hydrogens (tertiary/aromatic N) is 5. The third-order valence-corrected chi connectivity index (χ3v) is 4.71. The first-order valence-corrected chi connectivity index (χ1v) is 8.50. The normalized spacial score (nSPS) is 11.2. The van der Waals surface area contributed by atoms with Gasteiger partial charge in [-0.3, -0.25) is 4.79 Å². The second-order valence-corrected chi connectivity index (χ2v) is 6.80. The van der Waals surface area contributed by atoms with E-state index in [-0.39, 0.29) is 17.7 Å². The van der Waals surface area contributed by atoms with Crippen molar-refractivity contribution in [3.05, 3.63) is 24.3 Å². The van der Waals surface area contributed by atoms with Crippen LogP contribution in [-0.4, -0.2) is 36.9 Å². The van der Waals surface area contributed by atoms with E-state index in [1.165, 1.54) is 23.1 Å². The van der Waals surface area contributed by atoms with E-state index in [2.05, 4.69) is 25.8 Å². The van der Waals surface area contributed by atoms with E-state index in [0.717, 1.165) is 10.2 Å². The van der Waals surface area contributed by atoms with Crippen LogP contribution in [-0.2, 0) is 4.79 Å². The molecular formula is C13H14N6OS2. The lowest BCUT2D eigenvalue weighted by molar-refractivity contribution is -0.113. The molecule has 0 saturated carbocycles. The number of rotatable bonds is 5. The van der Waals surface area contributed by atoms with Gasteiger partial charge in [0, 0.05) is 0 Å². The molecule has 1 amide bonds. The first-order chi connectivity index (χ1) is 10.6. The van der Waals surface area contributed by atoms with E-state index in [4.69, 9.17) is 0 Å². The molecule has 0 aliphatic carbocycles. The Morgan fingerprint density at radius 1 is 1.41 bits per heavy atom. The van der Waals surface area contributed by atoms with Crippen LogP contribution >= 0.6 is 23.1 Å². The molecule has 0 bridgehead atoms. The quantitative estimate of drug-likeness (QED) is 0.722. The number of amides is 1. The number of para-hydroxylation sites is 1. The lowest BCUT2D eigenvalue weighted by atomic mass is 10.3. The van der Waals surface area contributed by atoms with Crippen molar-refractivity contribution in [2.75, 3.05) is 11.1 Å². The zero-order valence-electron chi connectivity index (χ0n) is 12.1. The lowest BCUT2D eigenvalue weighted by Crippen LogP contribution is -2.14. The summed E-state index contributed by atoms with van der Waals surface area (Å²) in [5, 5.41) is 15.5. The fourth-order valence-corrected chi connectivity index (χ4v) is 3.50. The van der Waals surface area contributed by atoms with Crippen molar-refractivity contribution in [2.24, 2.45) is 0 Å². The zero-order valence-corrected chi connectivity index (χ0v) is 13.7. The van der Waals surface area contributed by atoms with Gasteiger partial charge in [0.25, 0.3) is 0 Å². The van der Waals surface area contributed by atoms with Gasteiger partial charge in [0.05, 0.1) is 22.0 Å². The van der Waals surface area contributed by atoms with Crippen molar-refractivity contribution in [1.82, 2.24) is 25.2 Å². The van der Waals surface area contributed by atoms with Gasteiger partial charge in [-0.25, -0.2) is 9.67 Å². The fraction of sp³-hybridized carbons (Fsp3) is 0.308. The molecule has 1 aromatic carbocycles. The second-order valence-electron chi connectivity index (χ2n) is 4.82. The molecule has 0 spiro atoms. The minimum Gasteiger partial charge on any atom is -0.301 e. The van der Waals surface area contributed by atoms with Crippen molar-refractivity contribution in [2.45, 2.75) is 25.0 Å². The van der Waals surface area contributed by atoms with Crippen molar-refractivity contribution in [3.63, 3.8) is 0 Å². The maximum Gasteiger partial charge on any atom is 0.236 e. The molecule has 9 heteroatoms. The number of fused-ring (bicyclic) bond motifs is 1. The van der Waals surface area contributed by atoms with Gasteiger partial charge >= 0.3 is 0 Å². The predicted octanol–water partition coefficient (Wildman–Crippen LogP) is 2.59. The van der Waals surface area contributed by atoms with Gasteiger partial charge in [0.15, 0.2) is 5.13 Å². The third-order valence-electron chi connectivity index (χ3n) is 2.82. The molecule has 3 rings (SSSR count). The average molecular weight is 334 g/mol. The van der Waals surface area contributed by atoms with Gasteiger partial charge in [-0.2, -0.15) is 0 Å². The molecule has 3 aromatic rings. The van der Waals surface area contributed by atoms with Crippen LogP contribution in [0.2, 0.25) is 0 Å². The highest BCUT2D eigenvalue weighted by atomic mass is 32.2. The molecule has 22 heavy (non-hydrogen) atoms. The van der Waals surface area contributed by atoms with Crippen LogP contribution < -0.4 is 5.32 Å². The molecule has 2 aromatic heterocycles. The number of benzene rings is 1. The lowest BCUT2D eigenvalue weighted by Gasteiger charge is -2.06. The summed E-state index contributed by atoms with van der Waals surface area (Å²) in [4.78, 5) is 16.4. The summed E-state index contributed by atoms with van der Waals surface area (Å²) in [6.07, 6.45) is 0. The molecule has 0 atom stereocenters. The average Bonchev–Trinajstić information content (AvgIpc) is 3.10. The Bertz CT molecular complexity index is 764.